The normalized spacial score (nSPS) is 10.5. The summed E-state index contributed by atoms with van der Waals surface area (Å²) in [6.07, 6.45) is 1.70. The summed E-state index contributed by atoms with van der Waals surface area (Å²) in [6.45, 7) is 0. The van der Waals surface area contributed by atoms with Crippen LogP contribution in [0.2, 0.25) is 0 Å². The van der Waals surface area contributed by atoms with Gasteiger partial charge in [-0.05, 0) is 30.3 Å². The van der Waals surface area contributed by atoms with Gasteiger partial charge in [0.1, 0.15) is 5.75 Å². The first-order chi connectivity index (χ1) is 10.2. The second-order valence-corrected chi connectivity index (χ2v) is 4.59. The summed E-state index contributed by atoms with van der Waals surface area (Å²) in [7, 11) is 1.50. The van der Waals surface area contributed by atoms with Crippen LogP contribution in [0.1, 0.15) is 10.4 Å². The van der Waals surface area contributed by atoms with Crippen molar-refractivity contribution >= 4 is 28.2 Å². The van der Waals surface area contributed by atoms with Crippen molar-refractivity contribution < 1.29 is 9.53 Å². The molecule has 21 heavy (non-hydrogen) atoms. The molecule has 1 heterocycles. The highest BCUT2D eigenvalue weighted by Gasteiger charge is 2.13. The number of hydrogen-bond acceptors (Lipinski definition) is 4. The number of hydrogen-bond donors (Lipinski definition) is 3. The quantitative estimate of drug-likeness (QED) is 0.643. The average Bonchev–Trinajstić information content (AvgIpc) is 2.94. The number of ether oxygens (including phenoxy) is 1. The van der Waals surface area contributed by atoms with Crippen LogP contribution >= 0.6 is 0 Å². The molecule has 4 N–H and O–H groups in total. The molecule has 0 fully saturated rings. The Bertz CT molecular complexity index is 810. The molecular formula is C15H14N4O2. The van der Waals surface area contributed by atoms with Gasteiger partial charge in [0.05, 0.1) is 24.4 Å². The van der Waals surface area contributed by atoms with Crippen molar-refractivity contribution in [3.8, 4) is 5.75 Å². The fraction of sp³-hybridized carbons (Fsp3) is 0.0667. The van der Waals surface area contributed by atoms with Gasteiger partial charge in [-0.1, -0.05) is 0 Å². The van der Waals surface area contributed by atoms with Crippen molar-refractivity contribution in [3.63, 3.8) is 0 Å². The molecule has 0 unspecified atom stereocenters. The maximum Gasteiger partial charge on any atom is 0.259 e. The second-order valence-electron chi connectivity index (χ2n) is 4.59. The number of carbonyl (C=O) groups is 1. The molecule has 0 saturated heterocycles. The Kier molecular flexibility index (Phi) is 3.19. The third-order valence-electron chi connectivity index (χ3n) is 3.17. The number of amides is 1. The first kappa shape index (κ1) is 13.0. The maximum absolute atomic E-state index is 12.3. The van der Waals surface area contributed by atoms with Gasteiger partial charge in [0.25, 0.3) is 5.91 Å². The van der Waals surface area contributed by atoms with Crippen LogP contribution < -0.4 is 15.8 Å². The van der Waals surface area contributed by atoms with Crippen LogP contribution in [-0.2, 0) is 0 Å². The average molecular weight is 282 g/mol. The molecule has 0 saturated carbocycles. The van der Waals surface area contributed by atoms with Gasteiger partial charge in [-0.3, -0.25) is 9.89 Å². The van der Waals surface area contributed by atoms with Gasteiger partial charge in [0.15, 0.2) is 0 Å². The molecule has 3 rings (SSSR count). The molecule has 0 bridgehead atoms. The number of carbonyl (C=O) groups excluding carboxylic acids is 1. The largest absolute Gasteiger partial charge is 0.496 e. The smallest absolute Gasteiger partial charge is 0.259 e. The first-order valence-corrected chi connectivity index (χ1v) is 6.35. The van der Waals surface area contributed by atoms with E-state index in [1.807, 2.05) is 18.2 Å². The fourth-order valence-electron chi connectivity index (χ4n) is 2.11. The Morgan fingerprint density at radius 2 is 2.14 bits per heavy atom. The molecule has 1 amide bonds. The third kappa shape index (κ3) is 2.51. The molecule has 0 radical (unpaired) electrons. The molecule has 0 atom stereocenters. The molecular weight excluding hydrogens is 268 g/mol. The maximum atomic E-state index is 12.3. The van der Waals surface area contributed by atoms with Gasteiger partial charge in [0.2, 0.25) is 0 Å². The van der Waals surface area contributed by atoms with E-state index in [4.69, 9.17) is 10.5 Å². The van der Waals surface area contributed by atoms with Gasteiger partial charge in [-0.15, -0.1) is 0 Å². The number of anilines is 2. The number of aromatic nitrogens is 2. The topological polar surface area (TPSA) is 93.0 Å². The zero-order valence-electron chi connectivity index (χ0n) is 11.4. The van der Waals surface area contributed by atoms with Crippen molar-refractivity contribution in [1.82, 2.24) is 10.2 Å². The van der Waals surface area contributed by atoms with Crippen molar-refractivity contribution in [2.75, 3.05) is 18.2 Å². The van der Waals surface area contributed by atoms with Crippen LogP contribution in [0.4, 0.5) is 11.4 Å². The van der Waals surface area contributed by atoms with Gasteiger partial charge in [-0.2, -0.15) is 5.10 Å². The van der Waals surface area contributed by atoms with Gasteiger partial charge in [0, 0.05) is 22.8 Å². The van der Waals surface area contributed by atoms with Crippen LogP contribution in [0, 0.1) is 0 Å². The van der Waals surface area contributed by atoms with E-state index in [1.54, 1.807) is 24.4 Å². The zero-order valence-corrected chi connectivity index (χ0v) is 11.4. The van der Waals surface area contributed by atoms with Crippen LogP contribution in [0.15, 0.2) is 42.6 Å². The van der Waals surface area contributed by atoms with Crippen LogP contribution in [0.5, 0.6) is 5.75 Å². The highest BCUT2D eigenvalue weighted by atomic mass is 16.5. The lowest BCUT2D eigenvalue weighted by molar-refractivity contribution is 0.102. The lowest BCUT2D eigenvalue weighted by Gasteiger charge is -2.10. The number of fused-ring (bicyclic) bond motifs is 1. The number of benzene rings is 2. The van der Waals surface area contributed by atoms with E-state index in [2.05, 4.69) is 15.5 Å². The van der Waals surface area contributed by atoms with Gasteiger partial charge >= 0.3 is 0 Å². The number of nitrogens with zero attached hydrogens (tertiary/aromatic N) is 1. The molecule has 0 aliphatic heterocycles. The number of rotatable bonds is 3. The van der Waals surface area contributed by atoms with E-state index in [1.165, 1.54) is 7.11 Å². The van der Waals surface area contributed by atoms with Gasteiger partial charge < -0.3 is 15.8 Å². The predicted molar refractivity (Wildman–Crippen MR) is 81.5 cm³/mol. The molecule has 6 heteroatoms. The highest BCUT2D eigenvalue weighted by molar-refractivity contribution is 6.07. The van der Waals surface area contributed by atoms with Crippen molar-refractivity contribution in [2.24, 2.45) is 0 Å². The Morgan fingerprint density at radius 1 is 1.29 bits per heavy atom. The number of aromatic amines is 1. The summed E-state index contributed by atoms with van der Waals surface area (Å²) in [5.41, 5.74) is 8.26. The standard InChI is InChI=1S/C15H14N4O2/c1-21-14-7-10(16)2-4-12(14)15(20)18-11-3-5-13-9(6-11)8-17-19-13/h2-8H,16H2,1H3,(H,17,19)(H,18,20). The lowest BCUT2D eigenvalue weighted by Crippen LogP contribution is -2.13. The summed E-state index contributed by atoms with van der Waals surface area (Å²) in [5.74, 6) is 0.187. The summed E-state index contributed by atoms with van der Waals surface area (Å²) in [5, 5.41) is 10.6. The minimum Gasteiger partial charge on any atom is -0.496 e. The molecule has 106 valence electrons. The minimum atomic E-state index is -0.255. The van der Waals surface area contributed by atoms with E-state index >= 15 is 0 Å². The molecule has 6 nitrogen and oxygen atoms in total. The molecule has 3 aromatic rings. The van der Waals surface area contributed by atoms with Crippen molar-refractivity contribution in [2.45, 2.75) is 0 Å². The summed E-state index contributed by atoms with van der Waals surface area (Å²) >= 11 is 0. The van der Waals surface area contributed by atoms with E-state index in [-0.39, 0.29) is 5.91 Å². The zero-order chi connectivity index (χ0) is 14.8. The molecule has 1 aromatic heterocycles. The number of methoxy groups -OCH3 is 1. The van der Waals surface area contributed by atoms with Gasteiger partial charge in [-0.25, -0.2) is 0 Å². The molecule has 0 aliphatic rings. The third-order valence-corrected chi connectivity index (χ3v) is 3.17. The lowest BCUT2D eigenvalue weighted by atomic mass is 10.1. The highest BCUT2D eigenvalue weighted by Crippen LogP contribution is 2.23. The Balaban J connectivity index is 1.88. The van der Waals surface area contributed by atoms with E-state index < -0.39 is 0 Å². The number of nitrogen functional groups attached to an aromatic ring is 1. The molecule has 2 aromatic carbocycles. The van der Waals surface area contributed by atoms with Crippen molar-refractivity contribution in [1.29, 1.82) is 0 Å². The first-order valence-electron chi connectivity index (χ1n) is 6.35. The fourth-order valence-corrected chi connectivity index (χ4v) is 2.11. The number of nitrogens with two attached hydrogens (primary N) is 1. The second kappa shape index (κ2) is 5.16. The Hall–Kier alpha value is -3.02. The molecule has 0 aliphatic carbocycles. The number of H-pyrrole nitrogens is 1. The van der Waals surface area contributed by atoms with E-state index in [0.717, 1.165) is 10.9 Å². The van der Waals surface area contributed by atoms with Crippen LogP contribution in [-0.4, -0.2) is 23.2 Å². The predicted octanol–water partition coefficient (Wildman–Crippen LogP) is 2.41. The minimum absolute atomic E-state index is 0.255. The Labute approximate surface area is 120 Å². The summed E-state index contributed by atoms with van der Waals surface area (Å²) in [4.78, 5) is 12.3. The monoisotopic (exact) mass is 282 g/mol. The van der Waals surface area contributed by atoms with Crippen LogP contribution in [0.3, 0.4) is 0 Å². The van der Waals surface area contributed by atoms with Crippen molar-refractivity contribution in [3.05, 3.63) is 48.2 Å². The molecule has 0 spiro atoms. The summed E-state index contributed by atoms with van der Waals surface area (Å²) < 4.78 is 5.19. The number of nitrogens with one attached hydrogen (secondary N) is 2. The Morgan fingerprint density at radius 3 is 2.95 bits per heavy atom. The summed E-state index contributed by atoms with van der Waals surface area (Å²) in [6, 6.07) is 10.4. The van der Waals surface area contributed by atoms with E-state index in [9.17, 15) is 4.79 Å². The van der Waals surface area contributed by atoms with E-state index in [0.29, 0.717) is 22.7 Å². The van der Waals surface area contributed by atoms with Crippen LogP contribution in [0.25, 0.3) is 10.9 Å². The SMILES string of the molecule is COc1cc(N)ccc1C(=O)Nc1ccc2[nH]ncc2c1.